The number of piperidine rings is 1. The first-order valence-electron chi connectivity index (χ1n) is 13.6. The highest BCUT2D eigenvalue weighted by molar-refractivity contribution is 6.33. The Hall–Kier alpha value is -3.39. The van der Waals surface area contributed by atoms with Gasteiger partial charge in [-0.1, -0.05) is 54.1 Å². The van der Waals surface area contributed by atoms with Crippen molar-refractivity contribution in [1.29, 1.82) is 0 Å². The number of para-hydroxylation sites is 1. The van der Waals surface area contributed by atoms with Gasteiger partial charge in [0.05, 0.1) is 16.9 Å². The minimum absolute atomic E-state index is 0.338. The van der Waals surface area contributed by atoms with Crippen LogP contribution in [0.3, 0.4) is 0 Å². The lowest BCUT2D eigenvalue weighted by molar-refractivity contribution is 0.211. The Morgan fingerprint density at radius 3 is 2.67 bits per heavy atom. The summed E-state index contributed by atoms with van der Waals surface area (Å²) >= 11 is 6.52. The molecule has 2 N–H and O–H groups in total. The van der Waals surface area contributed by atoms with Gasteiger partial charge in [0.2, 0.25) is 5.95 Å². The molecule has 3 heterocycles. The Balaban J connectivity index is 1.15. The van der Waals surface area contributed by atoms with Crippen LogP contribution in [-0.2, 0) is 6.54 Å². The topological polar surface area (TPSA) is 63.3 Å². The highest BCUT2D eigenvalue weighted by Crippen LogP contribution is 2.32. The average Bonchev–Trinajstić information content (AvgIpc) is 3.37. The molecule has 1 saturated heterocycles. The maximum atomic E-state index is 6.52. The molecule has 2 aromatic heterocycles. The van der Waals surface area contributed by atoms with Crippen molar-refractivity contribution in [2.45, 2.75) is 25.4 Å². The van der Waals surface area contributed by atoms with Crippen molar-refractivity contribution < 1.29 is 0 Å². The minimum Gasteiger partial charge on any atom is -0.371 e. The Labute approximate surface area is 236 Å². The van der Waals surface area contributed by atoms with Gasteiger partial charge in [0.25, 0.3) is 0 Å². The van der Waals surface area contributed by atoms with Crippen molar-refractivity contribution in [3.63, 3.8) is 0 Å². The summed E-state index contributed by atoms with van der Waals surface area (Å²) in [7, 11) is 6.33. The molecule has 204 valence electrons. The molecule has 0 spiro atoms. The number of likely N-dealkylation sites (tertiary alicyclic amines) is 1. The third-order valence-corrected chi connectivity index (χ3v) is 7.56. The van der Waals surface area contributed by atoms with Gasteiger partial charge in [0, 0.05) is 74.2 Å². The van der Waals surface area contributed by atoms with E-state index in [9.17, 15) is 0 Å². The summed E-state index contributed by atoms with van der Waals surface area (Å²) in [4.78, 5) is 19.6. The van der Waals surface area contributed by atoms with Crippen LogP contribution >= 0.6 is 11.6 Å². The molecule has 0 amide bonds. The lowest BCUT2D eigenvalue weighted by Gasteiger charge is -2.32. The number of benzene rings is 2. The molecule has 2 aromatic carbocycles. The summed E-state index contributed by atoms with van der Waals surface area (Å²) in [5, 5.41) is 5.22. The molecular weight excluding hydrogens is 506 g/mol. The van der Waals surface area contributed by atoms with E-state index in [1.165, 1.54) is 11.3 Å². The number of H-pyrrole nitrogens is 1. The number of hydrogen-bond donors (Lipinski definition) is 2. The van der Waals surface area contributed by atoms with E-state index in [-0.39, 0.29) is 0 Å². The van der Waals surface area contributed by atoms with Gasteiger partial charge >= 0.3 is 0 Å². The monoisotopic (exact) mass is 543 g/mol. The van der Waals surface area contributed by atoms with Gasteiger partial charge in [-0.05, 0) is 50.7 Å². The maximum Gasteiger partial charge on any atom is 0.223 e. The van der Waals surface area contributed by atoms with E-state index in [1.807, 2.05) is 18.3 Å². The molecular formula is C31H38ClN7. The average molecular weight is 544 g/mol. The van der Waals surface area contributed by atoms with Gasteiger partial charge in [-0.25, -0.2) is 9.97 Å². The fourth-order valence-electron chi connectivity index (χ4n) is 5.08. The normalized spacial score (nSPS) is 15.0. The zero-order valence-electron chi connectivity index (χ0n) is 23.1. The standard InChI is InChI=1S/C31H38ClN7/c1-37(2)15-6-7-16-38(3)25-10-8-9-23(19-25)22-39-17-13-24(14-18-39)35-31-34-21-28(32)30(36-31)27-20-33-29-12-5-4-11-26(27)29/h4-12,19-21,24,33H,13-18,22H2,1-3H3,(H,34,35,36). The van der Waals surface area contributed by atoms with Crippen molar-refractivity contribution in [3.05, 3.63) is 83.7 Å². The van der Waals surface area contributed by atoms with Crippen molar-refractivity contribution in [2.24, 2.45) is 0 Å². The van der Waals surface area contributed by atoms with Crippen LogP contribution in [0.5, 0.6) is 0 Å². The molecule has 1 aliphatic rings. The molecule has 0 unspecified atom stereocenters. The van der Waals surface area contributed by atoms with Crippen LogP contribution in [0.15, 0.2) is 73.1 Å². The lowest BCUT2D eigenvalue weighted by Crippen LogP contribution is -2.39. The fourth-order valence-corrected chi connectivity index (χ4v) is 5.28. The van der Waals surface area contributed by atoms with Crippen LogP contribution in [0.4, 0.5) is 11.6 Å². The van der Waals surface area contributed by atoms with Crippen LogP contribution in [-0.4, -0.2) is 78.1 Å². The van der Waals surface area contributed by atoms with E-state index in [4.69, 9.17) is 16.6 Å². The SMILES string of the molecule is CN(C)CC=CCN(C)c1cccc(CN2CCC(Nc3ncc(Cl)c(-c4c[nH]c5ccccc45)n3)CC2)c1. The molecule has 1 aliphatic heterocycles. The highest BCUT2D eigenvalue weighted by atomic mass is 35.5. The van der Waals surface area contributed by atoms with Crippen LogP contribution in [0, 0.1) is 0 Å². The van der Waals surface area contributed by atoms with Crippen LogP contribution in [0.2, 0.25) is 5.02 Å². The number of halogens is 1. The third kappa shape index (κ3) is 6.98. The van der Waals surface area contributed by atoms with Gasteiger partial charge in [-0.15, -0.1) is 0 Å². The summed E-state index contributed by atoms with van der Waals surface area (Å²) in [6.07, 6.45) is 10.2. The smallest absolute Gasteiger partial charge is 0.223 e. The Morgan fingerprint density at radius 1 is 1.05 bits per heavy atom. The van der Waals surface area contributed by atoms with E-state index in [0.29, 0.717) is 17.0 Å². The first-order chi connectivity index (χ1) is 19.0. The van der Waals surface area contributed by atoms with E-state index < -0.39 is 0 Å². The quantitative estimate of drug-likeness (QED) is 0.242. The van der Waals surface area contributed by atoms with Crippen molar-refractivity contribution >= 4 is 34.1 Å². The van der Waals surface area contributed by atoms with Crippen LogP contribution < -0.4 is 10.2 Å². The molecule has 0 bridgehead atoms. The van der Waals surface area contributed by atoms with E-state index in [2.05, 4.69) is 99.7 Å². The summed E-state index contributed by atoms with van der Waals surface area (Å²) in [5.41, 5.74) is 5.42. The second kappa shape index (κ2) is 12.6. The second-order valence-electron chi connectivity index (χ2n) is 10.6. The number of rotatable bonds is 10. The molecule has 4 aromatic rings. The van der Waals surface area contributed by atoms with Gasteiger partial charge in [-0.2, -0.15) is 0 Å². The first-order valence-corrected chi connectivity index (χ1v) is 14.0. The molecule has 39 heavy (non-hydrogen) atoms. The number of aromatic nitrogens is 3. The summed E-state index contributed by atoms with van der Waals surface area (Å²) in [5.74, 6) is 0.633. The number of aromatic amines is 1. The zero-order valence-corrected chi connectivity index (χ0v) is 23.8. The van der Waals surface area contributed by atoms with E-state index in [0.717, 1.165) is 67.7 Å². The Morgan fingerprint density at radius 2 is 1.85 bits per heavy atom. The molecule has 0 saturated carbocycles. The van der Waals surface area contributed by atoms with Crippen LogP contribution in [0.25, 0.3) is 22.2 Å². The zero-order chi connectivity index (χ0) is 27.2. The number of nitrogens with one attached hydrogen (secondary N) is 2. The molecule has 7 nitrogen and oxygen atoms in total. The number of anilines is 2. The minimum atomic E-state index is 0.338. The van der Waals surface area contributed by atoms with Crippen molar-refractivity contribution in [2.75, 3.05) is 57.5 Å². The molecule has 0 atom stereocenters. The highest BCUT2D eigenvalue weighted by Gasteiger charge is 2.21. The van der Waals surface area contributed by atoms with Gasteiger partial charge in [0.15, 0.2) is 0 Å². The Bertz CT molecular complexity index is 1410. The van der Waals surface area contributed by atoms with Gasteiger partial charge < -0.3 is 20.1 Å². The summed E-state index contributed by atoms with van der Waals surface area (Å²) in [6, 6.07) is 17.4. The number of hydrogen-bond acceptors (Lipinski definition) is 6. The van der Waals surface area contributed by atoms with Crippen LogP contribution in [0.1, 0.15) is 18.4 Å². The molecule has 0 aliphatic carbocycles. The largest absolute Gasteiger partial charge is 0.371 e. The summed E-state index contributed by atoms with van der Waals surface area (Å²) in [6.45, 7) is 4.91. The van der Waals surface area contributed by atoms with E-state index >= 15 is 0 Å². The van der Waals surface area contributed by atoms with Crippen molar-refractivity contribution in [3.8, 4) is 11.3 Å². The van der Waals surface area contributed by atoms with Gasteiger partial charge in [0.1, 0.15) is 0 Å². The number of fused-ring (bicyclic) bond motifs is 1. The second-order valence-corrected chi connectivity index (χ2v) is 11.0. The molecule has 8 heteroatoms. The number of nitrogens with zero attached hydrogens (tertiary/aromatic N) is 5. The lowest BCUT2D eigenvalue weighted by atomic mass is 10.0. The number of likely N-dealkylation sites (N-methyl/N-ethyl adjacent to an activating group) is 2. The molecule has 5 rings (SSSR count). The first kappa shape index (κ1) is 27.2. The predicted molar refractivity (Wildman–Crippen MR) is 164 cm³/mol. The molecule has 1 fully saturated rings. The predicted octanol–water partition coefficient (Wildman–Crippen LogP) is 5.91. The Kier molecular flexibility index (Phi) is 8.81. The summed E-state index contributed by atoms with van der Waals surface area (Å²) < 4.78 is 0. The van der Waals surface area contributed by atoms with Gasteiger partial charge in [-0.3, -0.25) is 4.90 Å². The van der Waals surface area contributed by atoms with E-state index in [1.54, 1.807) is 6.20 Å². The third-order valence-electron chi connectivity index (χ3n) is 7.28. The fraction of sp³-hybridized carbons (Fsp3) is 0.355. The maximum absolute atomic E-state index is 6.52. The molecule has 0 radical (unpaired) electrons. The van der Waals surface area contributed by atoms with Crippen molar-refractivity contribution in [1.82, 2.24) is 24.8 Å².